The maximum atomic E-state index is 13.9. The molecule has 2 fully saturated rings. The fraction of sp³-hybridized carbons (Fsp3) is 0.524. The lowest BCUT2D eigenvalue weighted by atomic mass is 9.86. The Morgan fingerprint density at radius 1 is 0.950 bits per heavy atom. The van der Waals surface area contributed by atoms with E-state index < -0.39 is 61.7 Å². The van der Waals surface area contributed by atoms with Gasteiger partial charge in [0, 0.05) is 24.8 Å². The Morgan fingerprint density at radius 3 is 2.28 bits per heavy atom. The quantitative estimate of drug-likeness (QED) is 0.0829. The number of fused-ring (bicyclic) bond motifs is 1. The number of carbonyl (C=O) groups is 3. The van der Waals surface area contributed by atoms with E-state index in [4.69, 9.17) is 32.7 Å². The summed E-state index contributed by atoms with van der Waals surface area (Å²) in [4.78, 5) is 44.2. The normalized spacial score (nSPS) is 19.2. The molecule has 0 radical (unpaired) electrons. The molecule has 0 unspecified atom stereocenters. The smallest absolute Gasteiger partial charge is 0.407 e. The van der Waals surface area contributed by atoms with Crippen LogP contribution in [0.3, 0.4) is 0 Å². The first-order valence-corrected chi connectivity index (χ1v) is 21.8. The topological polar surface area (TPSA) is 205 Å². The van der Waals surface area contributed by atoms with Gasteiger partial charge in [-0.2, -0.15) is 0 Å². The Bertz CT molecular complexity index is 1870. The number of benzene rings is 2. The highest BCUT2D eigenvalue weighted by Gasteiger charge is 2.44. The van der Waals surface area contributed by atoms with Crippen molar-refractivity contribution in [1.29, 1.82) is 0 Å². The predicted octanol–water partition coefficient (Wildman–Crippen LogP) is 5.41. The van der Waals surface area contributed by atoms with Crippen LogP contribution in [0.2, 0.25) is 0 Å². The third-order valence-electron chi connectivity index (χ3n) is 9.97. The zero-order chi connectivity index (χ0) is 43.3. The number of alkyl carbamates (subject to hydrolysis) is 2. The van der Waals surface area contributed by atoms with Crippen molar-refractivity contribution < 1.29 is 56.8 Å². The molecular formula is C42H58N5O12P. The van der Waals surface area contributed by atoms with Crippen LogP contribution in [0, 0.1) is 11.3 Å². The van der Waals surface area contributed by atoms with Gasteiger partial charge in [0.2, 0.25) is 0 Å². The lowest BCUT2D eigenvalue weighted by Crippen LogP contribution is -2.59. The summed E-state index contributed by atoms with van der Waals surface area (Å²) in [5.74, 6) is -0.233. The summed E-state index contributed by atoms with van der Waals surface area (Å²) in [6, 6.07) is 18.2. The van der Waals surface area contributed by atoms with Gasteiger partial charge in [0.15, 0.2) is 12.6 Å². The number of amides is 3. The molecular weight excluding hydrogens is 797 g/mol. The van der Waals surface area contributed by atoms with Gasteiger partial charge in [-0.05, 0) is 67.5 Å². The molecule has 1 aromatic heterocycles. The van der Waals surface area contributed by atoms with E-state index in [9.17, 15) is 24.1 Å². The number of aromatic nitrogens is 1. The Kier molecular flexibility index (Phi) is 16.9. The predicted molar refractivity (Wildman–Crippen MR) is 221 cm³/mol. The van der Waals surface area contributed by atoms with E-state index in [-0.39, 0.29) is 51.6 Å². The van der Waals surface area contributed by atoms with Gasteiger partial charge in [-0.15, -0.1) is 0 Å². The zero-order valence-corrected chi connectivity index (χ0v) is 35.9. The number of nitrogens with zero attached hydrogens (tertiary/aromatic N) is 2. The van der Waals surface area contributed by atoms with Gasteiger partial charge in [-0.3, -0.25) is 19.8 Å². The van der Waals surface area contributed by atoms with Gasteiger partial charge in [-0.1, -0.05) is 63.2 Å². The second kappa shape index (κ2) is 21.8. The van der Waals surface area contributed by atoms with Crippen LogP contribution in [0.5, 0.6) is 5.75 Å². The molecule has 2 aromatic carbocycles. The van der Waals surface area contributed by atoms with Crippen molar-refractivity contribution in [3.8, 4) is 17.0 Å². The van der Waals surface area contributed by atoms with Crippen LogP contribution in [-0.4, -0.2) is 110 Å². The van der Waals surface area contributed by atoms with Crippen LogP contribution < -0.4 is 20.8 Å². The van der Waals surface area contributed by atoms with E-state index in [0.29, 0.717) is 24.3 Å². The first-order chi connectivity index (χ1) is 28.7. The SMILES string of the molecule is CCOP(=O)(COc1ccc(C[C@H](NC(=O)O[C@H]2CO[C@H]3OCC[C@H]32)[C@@H](O)CN(Cc2ccc(-c3ccccn3)cc2)NC(=O)[C@@H](NC(=O)OC)C(C)(C)C)cc1)OCC. The van der Waals surface area contributed by atoms with Crippen molar-refractivity contribution in [3.05, 3.63) is 84.1 Å². The van der Waals surface area contributed by atoms with Gasteiger partial charge in [0.05, 0.1) is 57.3 Å². The number of aliphatic hydroxyl groups excluding tert-OH is 1. The lowest BCUT2D eigenvalue weighted by molar-refractivity contribution is -0.131. The Labute approximate surface area is 351 Å². The van der Waals surface area contributed by atoms with E-state index in [1.807, 2.05) is 42.5 Å². The van der Waals surface area contributed by atoms with Crippen LogP contribution >= 0.6 is 7.60 Å². The molecule has 6 atom stereocenters. The van der Waals surface area contributed by atoms with E-state index in [1.54, 1.807) is 65.1 Å². The molecule has 3 amide bonds. The molecule has 60 heavy (non-hydrogen) atoms. The highest BCUT2D eigenvalue weighted by atomic mass is 31.2. The van der Waals surface area contributed by atoms with Crippen molar-refractivity contribution >= 4 is 25.7 Å². The third-order valence-corrected chi connectivity index (χ3v) is 11.7. The number of aliphatic hydroxyl groups is 1. The summed E-state index contributed by atoms with van der Waals surface area (Å²) in [6.45, 7) is 9.90. The summed E-state index contributed by atoms with van der Waals surface area (Å²) in [5.41, 5.74) is 5.37. The number of nitrogens with one attached hydrogen (secondary N) is 3. The fourth-order valence-corrected chi connectivity index (χ4v) is 8.22. The summed E-state index contributed by atoms with van der Waals surface area (Å²) >= 11 is 0. The molecule has 2 aliphatic rings. The van der Waals surface area contributed by atoms with Crippen LogP contribution in [0.4, 0.5) is 9.59 Å². The molecule has 2 saturated heterocycles. The van der Waals surface area contributed by atoms with Crippen LogP contribution in [0.15, 0.2) is 72.9 Å². The molecule has 5 rings (SSSR count). The second-order valence-electron chi connectivity index (χ2n) is 15.6. The van der Waals surface area contributed by atoms with E-state index in [1.165, 1.54) is 12.1 Å². The van der Waals surface area contributed by atoms with Gasteiger partial charge in [0.25, 0.3) is 5.91 Å². The minimum Gasteiger partial charge on any atom is -0.481 e. The summed E-state index contributed by atoms with van der Waals surface area (Å²) < 4.78 is 51.2. The molecule has 0 saturated carbocycles. The zero-order valence-electron chi connectivity index (χ0n) is 35.0. The summed E-state index contributed by atoms with van der Waals surface area (Å²) in [6.07, 6.45) is -1.51. The van der Waals surface area contributed by atoms with Crippen LogP contribution in [0.25, 0.3) is 11.3 Å². The van der Waals surface area contributed by atoms with E-state index in [2.05, 4.69) is 21.0 Å². The van der Waals surface area contributed by atoms with Crippen molar-refractivity contribution in [2.75, 3.05) is 46.4 Å². The van der Waals surface area contributed by atoms with Crippen LogP contribution in [-0.2, 0) is 50.3 Å². The van der Waals surface area contributed by atoms with Crippen molar-refractivity contribution in [1.82, 2.24) is 26.1 Å². The van der Waals surface area contributed by atoms with Crippen molar-refractivity contribution in [2.45, 2.75) is 84.6 Å². The highest BCUT2D eigenvalue weighted by Crippen LogP contribution is 2.48. The molecule has 2 aliphatic heterocycles. The summed E-state index contributed by atoms with van der Waals surface area (Å²) in [5, 5.41) is 19.0. The molecule has 3 aromatic rings. The number of hydrogen-bond acceptors (Lipinski definition) is 14. The third kappa shape index (κ3) is 13.4. The number of methoxy groups -OCH3 is 1. The minimum absolute atomic E-state index is 0.100. The Balaban J connectivity index is 1.37. The number of rotatable bonds is 20. The maximum Gasteiger partial charge on any atom is 0.407 e. The Hall–Kier alpha value is -4.61. The van der Waals surface area contributed by atoms with Crippen molar-refractivity contribution in [2.24, 2.45) is 11.3 Å². The molecule has 0 spiro atoms. The largest absolute Gasteiger partial charge is 0.481 e. The van der Waals surface area contributed by atoms with Gasteiger partial charge < -0.3 is 48.5 Å². The molecule has 4 N–H and O–H groups in total. The van der Waals surface area contributed by atoms with Gasteiger partial charge in [0.1, 0.15) is 17.9 Å². The number of hydrazine groups is 1. The average molecular weight is 856 g/mol. The number of ether oxygens (including phenoxy) is 5. The molecule has 3 heterocycles. The molecule has 0 aliphatic carbocycles. The lowest BCUT2D eigenvalue weighted by Gasteiger charge is -2.34. The molecule has 18 heteroatoms. The average Bonchev–Trinajstić information content (AvgIpc) is 3.85. The minimum atomic E-state index is -3.46. The van der Waals surface area contributed by atoms with E-state index in [0.717, 1.165) is 16.8 Å². The van der Waals surface area contributed by atoms with Crippen molar-refractivity contribution in [3.63, 3.8) is 0 Å². The van der Waals surface area contributed by atoms with Gasteiger partial charge >= 0.3 is 19.8 Å². The maximum absolute atomic E-state index is 13.9. The first-order valence-electron chi connectivity index (χ1n) is 20.1. The molecule has 17 nitrogen and oxygen atoms in total. The fourth-order valence-electron chi connectivity index (χ4n) is 6.90. The monoisotopic (exact) mass is 855 g/mol. The first kappa shape index (κ1) is 46.5. The standard InChI is InChI=1S/C42H58N5O12P/c1-7-57-60(52,58-8-2)27-56-31-18-14-28(15-19-31)23-34(44-41(51)59-36-26-55-39-32(36)20-22-54-39)35(48)25-47(46-38(49)37(42(3,4)5)45-40(50)53-6)24-29-12-16-30(17-13-29)33-11-9-10-21-43-33/h9-19,21,32,34-37,39,48H,7-8,20,22-27H2,1-6H3,(H,44,51)(H,45,50)(H,46,49)/t32-,34-,35-,36-,37+,39+/m0/s1. The number of hydrogen-bond donors (Lipinski definition) is 4. The Morgan fingerprint density at radius 2 is 1.65 bits per heavy atom. The van der Waals surface area contributed by atoms with E-state index >= 15 is 0 Å². The second-order valence-corrected chi connectivity index (χ2v) is 17.6. The number of pyridine rings is 1. The molecule has 0 bridgehead atoms. The highest BCUT2D eigenvalue weighted by molar-refractivity contribution is 7.53. The molecule has 328 valence electrons. The van der Waals surface area contributed by atoms with Crippen LogP contribution in [0.1, 0.15) is 52.2 Å². The number of carbonyl (C=O) groups excluding carboxylic acids is 3. The summed E-state index contributed by atoms with van der Waals surface area (Å²) in [7, 11) is -2.24. The van der Waals surface area contributed by atoms with Gasteiger partial charge in [-0.25, -0.2) is 14.6 Å².